The van der Waals surface area contributed by atoms with Crippen LogP contribution in [0.5, 0.6) is 11.5 Å². The van der Waals surface area contributed by atoms with Crippen LogP contribution in [0.3, 0.4) is 0 Å². The maximum atomic E-state index is 6.51. The number of anilines is 11. The SMILES string of the molecule is CN1[CH-]N(c2[c-]c(Oc3[c-]c(-c4[c-]cc(N5CCCC5)cn4)ncc3N3CCCC3)ccc2)c2ccccc21.[Ir].[Pt].[c-]1ccccc1N1[CH-]N(CCCCN2[CH-]N(c3[c-]cccc3)c3ccccc32)c2ccccc21. The minimum Gasteiger partial charge on any atom is -0.508 e. The Labute approximate surface area is 470 Å². The second kappa shape index (κ2) is 23.8. The summed E-state index contributed by atoms with van der Waals surface area (Å²) >= 11 is 0. The Morgan fingerprint density at radius 2 is 1.00 bits per heavy atom. The van der Waals surface area contributed by atoms with Crippen molar-refractivity contribution in [2.45, 2.75) is 38.5 Å². The van der Waals surface area contributed by atoms with Gasteiger partial charge in [-0.2, -0.15) is 98.9 Å². The third-order valence-electron chi connectivity index (χ3n) is 14.0. The Kier molecular flexibility index (Phi) is 16.4. The molecule has 2 saturated heterocycles. The van der Waals surface area contributed by atoms with Crippen LogP contribution < -0.4 is 43.9 Å². The first kappa shape index (κ1) is 51.6. The van der Waals surface area contributed by atoms with Crippen LogP contribution in [0.4, 0.5) is 62.6 Å². The van der Waals surface area contributed by atoms with Crippen LogP contribution in [-0.2, 0) is 41.2 Å². The van der Waals surface area contributed by atoms with E-state index in [4.69, 9.17) is 9.72 Å². The van der Waals surface area contributed by atoms with Crippen LogP contribution in [-0.4, -0.2) is 56.3 Å². The molecule has 0 unspecified atom stereocenters. The van der Waals surface area contributed by atoms with Crippen LogP contribution in [0.15, 0.2) is 158 Å². The molecule has 2 fully saturated rings. The van der Waals surface area contributed by atoms with Gasteiger partial charge in [0.25, 0.3) is 0 Å². The molecule has 5 aliphatic rings. The molecular formula is C62H56IrN10OPt-8. The van der Waals surface area contributed by atoms with Crippen LogP contribution >= 0.6 is 0 Å². The van der Waals surface area contributed by atoms with Gasteiger partial charge in [-0.1, -0.05) is 36.4 Å². The van der Waals surface area contributed by atoms with Gasteiger partial charge in [0.2, 0.25) is 0 Å². The summed E-state index contributed by atoms with van der Waals surface area (Å²) in [7, 11) is 2.05. The fourth-order valence-corrected chi connectivity index (χ4v) is 10.3. The molecule has 75 heavy (non-hydrogen) atoms. The maximum absolute atomic E-state index is 6.51. The van der Waals surface area contributed by atoms with Gasteiger partial charge in [0, 0.05) is 113 Å². The second-order valence-corrected chi connectivity index (χ2v) is 18.8. The van der Waals surface area contributed by atoms with Crippen LogP contribution in [0.1, 0.15) is 38.5 Å². The normalized spacial score (nSPS) is 15.3. The molecule has 8 aromatic rings. The Morgan fingerprint density at radius 3 is 1.56 bits per heavy atom. The van der Waals surface area contributed by atoms with Gasteiger partial charge in [0.05, 0.1) is 0 Å². The van der Waals surface area contributed by atoms with Crippen LogP contribution in [0, 0.1) is 50.3 Å². The molecule has 6 aromatic carbocycles. The van der Waals surface area contributed by atoms with Gasteiger partial charge < -0.3 is 53.9 Å². The molecule has 0 N–H and O–H groups in total. The van der Waals surface area contributed by atoms with Crippen molar-refractivity contribution >= 4 is 62.6 Å². The number of fused-ring (bicyclic) bond motifs is 3. The Hall–Kier alpha value is -6.84. The Bertz CT molecular complexity index is 3040. The topological polar surface area (TPSA) is 60.9 Å². The van der Waals surface area contributed by atoms with Crippen molar-refractivity contribution < 1.29 is 45.9 Å². The van der Waals surface area contributed by atoms with E-state index in [2.05, 4.69) is 199 Å². The van der Waals surface area contributed by atoms with Crippen molar-refractivity contribution in [3.63, 3.8) is 0 Å². The first-order valence-electron chi connectivity index (χ1n) is 25.5. The molecule has 5 aliphatic heterocycles. The van der Waals surface area contributed by atoms with Crippen molar-refractivity contribution in [1.82, 2.24) is 9.97 Å². The van der Waals surface area contributed by atoms with Gasteiger partial charge in [-0.15, -0.1) is 46.6 Å². The average Bonchev–Trinajstić information content (AvgIpc) is 4.34. The first-order valence-corrected chi connectivity index (χ1v) is 25.5. The maximum Gasteiger partial charge on any atom is 0.0326 e. The van der Waals surface area contributed by atoms with Crippen molar-refractivity contribution in [3.05, 3.63) is 208 Å². The monoisotopic (exact) mass is 1340 g/mol. The Balaban J connectivity index is 0.000000168. The van der Waals surface area contributed by atoms with E-state index in [0.717, 1.165) is 105 Å². The molecule has 1 radical (unpaired) electrons. The minimum absolute atomic E-state index is 0. The molecule has 387 valence electrons. The van der Waals surface area contributed by atoms with Gasteiger partial charge in [0.15, 0.2) is 0 Å². The molecule has 13 heteroatoms. The summed E-state index contributed by atoms with van der Waals surface area (Å²) in [5.74, 6) is 1.26. The number of pyridine rings is 2. The van der Waals surface area contributed by atoms with E-state index in [1.54, 1.807) is 0 Å². The van der Waals surface area contributed by atoms with Gasteiger partial charge in [-0.05, 0) is 119 Å². The summed E-state index contributed by atoms with van der Waals surface area (Å²) < 4.78 is 6.51. The van der Waals surface area contributed by atoms with Crippen molar-refractivity contribution in [3.8, 4) is 22.9 Å². The molecular weight excluding hydrogens is 1290 g/mol. The zero-order chi connectivity index (χ0) is 48.9. The van der Waals surface area contributed by atoms with Gasteiger partial charge in [-0.3, -0.25) is 0 Å². The third-order valence-corrected chi connectivity index (χ3v) is 14.0. The number of aromatic nitrogens is 2. The molecule has 0 amide bonds. The second-order valence-electron chi connectivity index (χ2n) is 18.8. The van der Waals surface area contributed by atoms with Crippen molar-refractivity contribution in [2.75, 3.05) is 85.5 Å². The summed E-state index contributed by atoms with van der Waals surface area (Å²) in [4.78, 5) is 27.5. The van der Waals surface area contributed by atoms with Gasteiger partial charge in [-0.25, -0.2) is 6.07 Å². The molecule has 0 spiro atoms. The quantitative estimate of drug-likeness (QED) is 0.0819. The van der Waals surface area contributed by atoms with E-state index in [-0.39, 0.29) is 41.2 Å². The van der Waals surface area contributed by atoms with Crippen molar-refractivity contribution in [1.29, 1.82) is 0 Å². The summed E-state index contributed by atoms with van der Waals surface area (Å²) in [5, 5.41) is 0. The van der Waals surface area contributed by atoms with E-state index in [1.807, 2.05) is 60.9 Å². The zero-order valence-corrected chi connectivity index (χ0v) is 46.4. The standard InChI is InChI=1S/C32H30N6O.C30H26N4.Ir.Pt/c1-35-23-38(30-12-3-2-11-29(30)35)24-9-8-10-26(19-24)39-32-20-28(34-22-31(32)37-17-6-7-18-37)27-14-13-25(21-33-27)36-15-4-5-16-36;1-3-13-25(14-4-1)33-23-31(27-17-7-9-19-29(27)33)21-11-12-22-32-24-34(26-15-5-2-6-16-26)30-20-10-8-18-28(30)32;;/h2-3,8-13,21-23H,4-7,15-18H2,1H3;1-10,13,15,17-20,23-24H,11-12,21-22H2;;/q2*-4;;. The van der Waals surface area contributed by atoms with E-state index in [9.17, 15) is 0 Å². The summed E-state index contributed by atoms with van der Waals surface area (Å²) in [5.41, 5.74) is 13.6. The summed E-state index contributed by atoms with van der Waals surface area (Å²) in [6.45, 7) is 12.6. The zero-order valence-electron chi connectivity index (χ0n) is 41.8. The molecule has 2 aromatic heterocycles. The number of unbranched alkanes of at least 4 members (excludes halogenated alkanes) is 1. The Morgan fingerprint density at radius 1 is 0.493 bits per heavy atom. The first-order chi connectivity index (χ1) is 36.1. The molecule has 0 saturated carbocycles. The molecule has 0 bridgehead atoms. The van der Waals surface area contributed by atoms with E-state index in [0.29, 0.717) is 22.9 Å². The number of para-hydroxylation sites is 8. The fraction of sp³-hybridized carbons (Fsp3) is 0.210. The fourth-order valence-electron chi connectivity index (χ4n) is 10.3. The number of hydrogen-bond donors (Lipinski definition) is 0. The van der Waals surface area contributed by atoms with Gasteiger partial charge >= 0.3 is 0 Å². The van der Waals surface area contributed by atoms with E-state index in [1.165, 1.54) is 35.6 Å². The number of rotatable bonds is 13. The predicted octanol–water partition coefficient (Wildman–Crippen LogP) is 13.2. The molecule has 7 heterocycles. The smallest absolute Gasteiger partial charge is 0.0326 e. The van der Waals surface area contributed by atoms with E-state index < -0.39 is 0 Å². The summed E-state index contributed by atoms with van der Waals surface area (Å²) in [6, 6.07) is 66.7. The molecule has 13 rings (SSSR count). The van der Waals surface area contributed by atoms with Crippen LogP contribution in [0.2, 0.25) is 0 Å². The largest absolute Gasteiger partial charge is 0.508 e. The molecule has 0 atom stereocenters. The molecule has 0 aliphatic carbocycles. The number of nitrogens with zero attached hydrogens (tertiary/aromatic N) is 10. The predicted molar refractivity (Wildman–Crippen MR) is 295 cm³/mol. The van der Waals surface area contributed by atoms with E-state index >= 15 is 0 Å². The minimum atomic E-state index is 0. The van der Waals surface area contributed by atoms with Crippen molar-refractivity contribution in [2.24, 2.45) is 0 Å². The third kappa shape index (κ3) is 11.1. The number of hydrogen-bond acceptors (Lipinski definition) is 11. The number of ether oxygens (including phenoxy) is 1. The summed E-state index contributed by atoms with van der Waals surface area (Å²) in [6.07, 6.45) is 10.8. The van der Waals surface area contributed by atoms with Crippen LogP contribution in [0.25, 0.3) is 11.4 Å². The molecule has 11 nitrogen and oxygen atoms in total. The average molecular weight is 1340 g/mol. The van der Waals surface area contributed by atoms with Gasteiger partial charge in [0.1, 0.15) is 0 Å². The number of benzene rings is 6.